The summed E-state index contributed by atoms with van der Waals surface area (Å²) in [5.74, 6) is 1.15. The van der Waals surface area contributed by atoms with Crippen LogP contribution in [0.15, 0.2) is 28.7 Å². The number of benzene rings is 1. The Morgan fingerprint density at radius 1 is 1.33 bits per heavy atom. The minimum Gasteiger partial charge on any atom is -0.384 e. The maximum absolute atomic E-state index is 3.40. The second-order valence-corrected chi connectivity index (χ2v) is 4.33. The van der Waals surface area contributed by atoms with E-state index in [1.165, 1.54) is 5.69 Å². The first-order valence-corrected chi connectivity index (χ1v) is 6.00. The molecule has 0 aromatic heterocycles. The second kappa shape index (κ2) is 5.49. The van der Waals surface area contributed by atoms with Crippen LogP contribution in [0.4, 0.5) is 5.69 Å². The number of thioether (sulfide) groups is 1. The first-order chi connectivity index (χ1) is 5.83. The van der Waals surface area contributed by atoms with Crippen molar-refractivity contribution in [3.63, 3.8) is 0 Å². The van der Waals surface area contributed by atoms with Gasteiger partial charge in [0.05, 0.1) is 0 Å². The molecule has 3 heteroatoms. The van der Waals surface area contributed by atoms with Crippen LogP contribution in [0, 0.1) is 0 Å². The van der Waals surface area contributed by atoms with E-state index in [9.17, 15) is 0 Å². The molecule has 12 heavy (non-hydrogen) atoms. The van der Waals surface area contributed by atoms with E-state index >= 15 is 0 Å². The predicted octanol–water partition coefficient (Wildman–Crippen LogP) is 3.22. The maximum atomic E-state index is 3.40. The van der Waals surface area contributed by atoms with Gasteiger partial charge in [-0.05, 0) is 30.5 Å². The number of rotatable bonds is 4. The minimum atomic E-state index is 1.03. The molecule has 0 aliphatic rings. The van der Waals surface area contributed by atoms with Gasteiger partial charge < -0.3 is 5.32 Å². The van der Waals surface area contributed by atoms with Gasteiger partial charge in [0.25, 0.3) is 0 Å². The zero-order valence-corrected chi connectivity index (χ0v) is 9.41. The van der Waals surface area contributed by atoms with Crippen molar-refractivity contribution in [2.24, 2.45) is 0 Å². The first kappa shape index (κ1) is 9.93. The highest BCUT2D eigenvalue weighted by molar-refractivity contribution is 9.10. The molecule has 0 bridgehead atoms. The normalized spacial score (nSPS) is 9.83. The molecule has 0 saturated carbocycles. The summed E-state index contributed by atoms with van der Waals surface area (Å²) in [7, 11) is 0. The van der Waals surface area contributed by atoms with Crippen LogP contribution < -0.4 is 5.32 Å². The third kappa shape index (κ3) is 3.50. The molecule has 1 N–H and O–H groups in total. The number of halogens is 1. The summed E-state index contributed by atoms with van der Waals surface area (Å²) in [6.45, 7) is 1.03. The predicted molar refractivity (Wildman–Crippen MR) is 61.0 cm³/mol. The summed E-state index contributed by atoms with van der Waals surface area (Å²) < 4.78 is 1.12. The van der Waals surface area contributed by atoms with Gasteiger partial charge in [0.1, 0.15) is 0 Å². The SMILES string of the molecule is CSCCNc1ccc(Br)cc1. The molecular formula is C9H12BrNS. The van der Waals surface area contributed by atoms with Crippen molar-refractivity contribution in [1.29, 1.82) is 0 Å². The van der Waals surface area contributed by atoms with Crippen molar-refractivity contribution in [2.75, 3.05) is 23.9 Å². The van der Waals surface area contributed by atoms with E-state index in [0.717, 1.165) is 16.8 Å². The lowest BCUT2D eigenvalue weighted by atomic mass is 10.3. The fourth-order valence-electron chi connectivity index (χ4n) is 0.865. The molecule has 0 aliphatic carbocycles. The van der Waals surface area contributed by atoms with Gasteiger partial charge in [-0.1, -0.05) is 15.9 Å². The highest BCUT2D eigenvalue weighted by Crippen LogP contribution is 2.13. The molecule has 0 heterocycles. The van der Waals surface area contributed by atoms with Crippen molar-refractivity contribution in [3.05, 3.63) is 28.7 Å². The molecule has 0 fully saturated rings. The first-order valence-electron chi connectivity index (χ1n) is 3.81. The van der Waals surface area contributed by atoms with Crippen molar-refractivity contribution in [2.45, 2.75) is 0 Å². The van der Waals surface area contributed by atoms with Crippen LogP contribution in [-0.4, -0.2) is 18.6 Å². The van der Waals surface area contributed by atoms with Gasteiger partial charge in [0, 0.05) is 22.5 Å². The van der Waals surface area contributed by atoms with E-state index in [0.29, 0.717) is 0 Å². The molecule has 66 valence electrons. The monoisotopic (exact) mass is 245 g/mol. The van der Waals surface area contributed by atoms with Gasteiger partial charge in [-0.2, -0.15) is 11.8 Å². The highest BCUT2D eigenvalue weighted by Gasteiger charge is 1.89. The molecule has 1 rings (SSSR count). The lowest BCUT2D eigenvalue weighted by molar-refractivity contribution is 1.23. The molecule has 0 radical (unpaired) electrons. The molecular weight excluding hydrogens is 234 g/mol. The maximum Gasteiger partial charge on any atom is 0.0341 e. The Kier molecular flexibility index (Phi) is 4.54. The van der Waals surface area contributed by atoms with E-state index in [1.54, 1.807) is 0 Å². The summed E-state index contributed by atoms with van der Waals surface area (Å²) in [5.41, 5.74) is 1.19. The van der Waals surface area contributed by atoms with Crippen LogP contribution in [0.5, 0.6) is 0 Å². The lowest BCUT2D eigenvalue weighted by Gasteiger charge is -2.04. The summed E-state index contributed by atoms with van der Waals surface area (Å²) in [6.07, 6.45) is 2.11. The van der Waals surface area contributed by atoms with Crippen LogP contribution in [-0.2, 0) is 0 Å². The van der Waals surface area contributed by atoms with Gasteiger partial charge in [-0.3, -0.25) is 0 Å². The minimum absolute atomic E-state index is 1.03. The van der Waals surface area contributed by atoms with E-state index in [-0.39, 0.29) is 0 Å². The fourth-order valence-corrected chi connectivity index (χ4v) is 1.44. The summed E-state index contributed by atoms with van der Waals surface area (Å²) in [4.78, 5) is 0. The Balaban J connectivity index is 2.37. The average Bonchev–Trinajstić information content (AvgIpc) is 2.09. The Labute approximate surface area is 86.1 Å². The van der Waals surface area contributed by atoms with Crippen LogP contribution in [0.2, 0.25) is 0 Å². The molecule has 0 aliphatic heterocycles. The third-order valence-corrected chi connectivity index (χ3v) is 2.62. The Hall–Kier alpha value is -0.150. The van der Waals surface area contributed by atoms with Gasteiger partial charge in [-0.25, -0.2) is 0 Å². The molecule has 0 amide bonds. The summed E-state index contributed by atoms with van der Waals surface area (Å²) in [6, 6.07) is 8.23. The van der Waals surface area contributed by atoms with Crippen LogP contribution in [0.3, 0.4) is 0 Å². The zero-order chi connectivity index (χ0) is 8.81. The third-order valence-electron chi connectivity index (χ3n) is 1.48. The lowest BCUT2D eigenvalue weighted by Crippen LogP contribution is -2.02. The molecule has 1 nitrogen and oxygen atoms in total. The quantitative estimate of drug-likeness (QED) is 0.818. The number of nitrogens with one attached hydrogen (secondary N) is 1. The second-order valence-electron chi connectivity index (χ2n) is 2.43. The van der Waals surface area contributed by atoms with Crippen molar-refractivity contribution >= 4 is 33.4 Å². The van der Waals surface area contributed by atoms with Gasteiger partial charge in [-0.15, -0.1) is 0 Å². The smallest absolute Gasteiger partial charge is 0.0341 e. The molecule has 1 aromatic rings. The summed E-state index contributed by atoms with van der Waals surface area (Å²) in [5, 5.41) is 3.33. The van der Waals surface area contributed by atoms with Crippen molar-refractivity contribution in [1.82, 2.24) is 0 Å². The Bertz CT molecular complexity index is 222. The highest BCUT2D eigenvalue weighted by atomic mass is 79.9. The number of anilines is 1. The van der Waals surface area contributed by atoms with Crippen LogP contribution in [0.25, 0.3) is 0 Å². The van der Waals surface area contributed by atoms with Crippen LogP contribution >= 0.6 is 27.7 Å². The topological polar surface area (TPSA) is 12.0 Å². The van der Waals surface area contributed by atoms with Gasteiger partial charge in [0.2, 0.25) is 0 Å². The molecule has 0 saturated heterocycles. The Morgan fingerprint density at radius 3 is 2.58 bits per heavy atom. The molecule has 0 spiro atoms. The van der Waals surface area contributed by atoms with E-state index in [2.05, 4.69) is 39.6 Å². The van der Waals surface area contributed by atoms with Gasteiger partial charge in [0.15, 0.2) is 0 Å². The van der Waals surface area contributed by atoms with Crippen molar-refractivity contribution in [3.8, 4) is 0 Å². The van der Waals surface area contributed by atoms with Crippen molar-refractivity contribution < 1.29 is 0 Å². The molecule has 0 atom stereocenters. The average molecular weight is 246 g/mol. The zero-order valence-electron chi connectivity index (χ0n) is 7.01. The van der Waals surface area contributed by atoms with Crippen LogP contribution in [0.1, 0.15) is 0 Å². The largest absolute Gasteiger partial charge is 0.384 e. The number of hydrogen-bond acceptors (Lipinski definition) is 2. The Morgan fingerprint density at radius 2 is 2.00 bits per heavy atom. The standard InChI is InChI=1S/C9H12BrNS/c1-12-7-6-11-9-4-2-8(10)3-5-9/h2-5,11H,6-7H2,1H3. The van der Waals surface area contributed by atoms with E-state index in [1.807, 2.05) is 23.9 Å². The summed E-state index contributed by atoms with van der Waals surface area (Å²) >= 11 is 5.25. The molecule has 1 aromatic carbocycles. The van der Waals surface area contributed by atoms with Gasteiger partial charge >= 0.3 is 0 Å². The van der Waals surface area contributed by atoms with E-state index in [4.69, 9.17) is 0 Å². The fraction of sp³-hybridized carbons (Fsp3) is 0.333. The number of hydrogen-bond donors (Lipinski definition) is 1. The van der Waals surface area contributed by atoms with E-state index < -0.39 is 0 Å². The molecule has 0 unspecified atom stereocenters.